The summed E-state index contributed by atoms with van der Waals surface area (Å²) in [5.41, 5.74) is 2.98. The van der Waals surface area contributed by atoms with E-state index in [0.717, 1.165) is 22.5 Å². The molecule has 0 N–H and O–H groups in total. The number of halogens is 3. The number of imidazole rings is 1. The van der Waals surface area contributed by atoms with Crippen molar-refractivity contribution in [2.75, 3.05) is 0 Å². The van der Waals surface area contributed by atoms with Gasteiger partial charge in [0.1, 0.15) is 11.6 Å². The van der Waals surface area contributed by atoms with Crippen molar-refractivity contribution in [2.24, 2.45) is 0 Å². The van der Waals surface area contributed by atoms with E-state index in [9.17, 15) is 8.78 Å². The zero-order valence-corrected chi connectivity index (χ0v) is 21.0. The molecule has 2 heterocycles. The molecule has 1 aromatic heterocycles. The van der Waals surface area contributed by atoms with Crippen LogP contribution < -0.4 is 9.47 Å². The topological polar surface area (TPSA) is 36.3 Å². The normalized spacial score (nSPS) is 15.0. The summed E-state index contributed by atoms with van der Waals surface area (Å²) in [4.78, 5) is 4.70. The van der Waals surface area contributed by atoms with Crippen molar-refractivity contribution in [1.29, 1.82) is 0 Å². The fourth-order valence-electron chi connectivity index (χ4n) is 4.18. The Morgan fingerprint density at radius 2 is 1.71 bits per heavy atom. The Morgan fingerprint density at radius 3 is 2.46 bits per heavy atom. The van der Waals surface area contributed by atoms with Gasteiger partial charge in [0.15, 0.2) is 16.7 Å². The van der Waals surface area contributed by atoms with E-state index in [4.69, 9.17) is 26.1 Å². The van der Waals surface area contributed by atoms with E-state index >= 15 is 0 Å². The van der Waals surface area contributed by atoms with Crippen LogP contribution in [0.3, 0.4) is 0 Å². The van der Waals surface area contributed by atoms with E-state index < -0.39 is 5.41 Å². The van der Waals surface area contributed by atoms with E-state index in [2.05, 4.69) is 13.8 Å². The van der Waals surface area contributed by atoms with Crippen molar-refractivity contribution in [3.05, 3.63) is 100 Å². The summed E-state index contributed by atoms with van der Waals surface area (Å²) in [5, 5.41) is 1.05. The van der Waals surface area contributed by atoms with Crippen molar-refractivity contribution in [2.45, 2.75) is 43.4 Å². The number of benzene rings is 3. The number of rotatable bonds is 6. The summed E-state index contributed by atoms with van der Waals surface area (Å²) in [5.74, 6) is 1.19. The van der Waals surface area contributed by atoms with Gasteiger partial charge < -0.3 is 9.47 Å². The first-order chi connectivity index (χ1) is 16.7. The van der Waals surface area contributed by atoms with Crippen LogP contribution in [0.5, 0.6) is 11.5 Å². The summed E-state index contributed by atoms with van der Waals surface area (Å²) in [6, 6.07) is 16.7. The first kappa shape index (κ1) is 23.7. The monoisotopic (exact) mass is 512 g/mol. The fraction of sp³-hybridized carbons (Fsp3) is 0.222. The third-order valence-corrected chi connectivity index (χ3v) is 7.24. The van der Waals surface area contributed by atoms with E-state index in [0.29, 0.717) is 27.4 Å². The highest BCUT2D eigenvalue weighted by atomic mass is 35.5. The number of ether oxygens (including phenoxy) is 2. The van der Waals surface area contributed by atoms with Crippen LogP contribution in [0, 0.1) is 11.6 Å². The Morgan fingerprint density at radius 1 is 0.971 bits per heavy atom. The summed E-state index contributed by atoms with van der Waals surface area (Å²) < 4.78 is 41.0. The maximum absolute atomic E-state index is 13.8. The van der Waals surface area contributed by atoms with Crippen molar-refractivity contribution in [3.8, 4) is 17.2 Å². The Hall–Kier alpha value is -3.03. The summed E-state index contributed by atoms with van der Waals surface area (Å²) in [7, 11) is 0. The Bertz CT molecular complexity index is 1370. The smallest absolute Gasteiger partial charge is 0.238 e. The maximum atomic E-state index is 13.8. The molecule has 8 heteroatoms. The minimum absolute atomic E-state index is 0.317. The number of aromatic nitrogens is 2. The highest BCUT2D eigenvalue weighted by Gasteiger charge is 2.32. The molecule has 35 heavy (non-hydrogen) atoms. The molecule has 1 aliphatic heterocycles. The summed E-state index contributed by atoms with van der Waals surface area (Å²) >= 11 is 7.49. The van der Waals surface area contributed by atoms with Gasteiger partial charge in [0, 0.05) is 28.8 Å². The second-order valence-electron chi connectivity index (χ2n) is 8.89. The van der Waals surface area contributed by atoms with Crippen LogP contribution in [0.4, 0.5) is 8.78 Å². The molecular formula is C27H23ClF2N2O2S. The molecule has 0 saturated carbocycles. The SMILES string of the molecule is CC1Oc2ccc(C(C)(C)c3cnc(SCc4cc(F)cc(Cl)c4)n3-c3ccc(F)cc3)cc2O1. The maximum Gasteiger partial charge on any atom is 0.238 e. The molecule has 180 valence electrons. The predicted octanol–water partition coefficient (Wildman–Crippen LogP) is 7.54. The molecule has 1 aliphatic rings. The van der Waals surface area contributed by atoms with Crippen molar-refractivity contribution < 1.29 is 18.3 Å². The summed E-state index contributed by atoms with van der Waals surface area (Å²) in [6.45, 7) is 6.06. The number of nitrogens with zero attached hydrogens (tertiary/aromatic N) is 2. The lowest BCUT2D eigenvalue weighted by Gasteiger charge is -2.27. The van der Waals surface area contributed by atoms with Crippen LogP contribution in [-0.4, -0.2) is 15.8 Å². The van der Waals surface area contributed by atoms with E-state index in [1.165, 1.54) is 36.0 Å². The largest absolute Gasteiger partial charge is 0.451 e. The van der Waals surface area contributed by atoms with Gasteiger partial charge >= 0.3 is 0 Å². The van der Waals surface area contributed by atoms with Gasteiger partial charge in [0.05, 0.1) is 11.9 Å². The molecule has 0 radical (unpaired) electrons. The van der Waals surface area contributed by atoms with Gasteiger partial charge in [-0.05, 0) is 65.7 Å². The molecule has 4 aromatic rings. The lowest BCUT2D eigenvalue weighted by Crippen LogP contribution is -2.23. The van der Waals surface area contributed by atoms with Crippen LogP contribution in [0.15, 0.2) is 72.0 Å². The van der Waals surface area contributed by atoms with Gasteiger partial charge in [-0.2, -0.15) is 0 Å². The van der Waals surface area contributed by atoms with Crippen LogP contribution >= 0.6 is 23.4 Å². The van der Waals surface area contributed by atoms with Crippen LogP contribution in [0.25, 0.3) is 5.69 Å². The quantitative estimate of drug-likeness (QED) is 0.250. The molecule has 0 bridgehead atoms. The average molecular weight is 513 g/mol. The van der Waals surface area contributed by atoms with Crippen molar-refractivity contribution in [1.82, 2.24) is 9.55 Å². The first-order valence-corrected chi connectivity index (χ1v) is 12.5. The Kier molecular flexibility index (Phi) is 6.23. The Balaban J connectivity index is 1.55. The zero-order chi connectivity index (χ0) is 24.7. The number of hydrogen-bond donors (Lipinski definition) is 0. The van der Waals surface area contributed by atoms with E-state index in [1.54, 1.807) is 18.2 Å². The molecular weight excluding hydrogens is 490 g/mol. The second-order valence-corrected chi connectivity index (χ2v) is 10.3. The number of thioether (sulfide) groups is 1. The van der Waals surface area contributed by atoms with Crippen molar-refractivity contribution >= 4 is 23.4 Å². The van der Waals surface area contributed by atoms with Crippen LogP contribution in [0.1, 0.15) is 37.6 Å². The Labute approximate surface area is 211 Å². The van der Waals surface area contributed by atoms with E-state index in [1.807, 2.05) is 35.9 Å². The van der Waals surface area contributed by atoms with Gasteiger partial charge in [-0.15, -0.1) is 0 Å². The number of hydrogen-bond acceptors (Lipinski definition) is 4. The molecule has 1 atom stereocenters. The third-order valence-electron chi connectivity index (χ3n) is 6.00. The highest BCUT2D eigenvalue weighted by Crippen LogP contribution is 2.42. The molecule has 4 nitrogen and oxygen atoms in total. The first-order valence-electron chi connectivity index (χ1n) is 11.1. The van der Waals surface area contributed by atoms with E-state index in [-0.39, 0.29) is 17.9 Å². The molecule has 0 saturated heterocycles. The lowest BCUT2D eigenvalue weighted by atomic mass is 9.81. The minimum Gasteiger partial charge on any atom is -0.451 e. The van der Waals surface area contributed by atoms with Crippen molar-refractivity contribution in [3.63, 3.8) is 0 Å². The molecule has 0 spiro atoms. The molecule has 0 fully saturated rings. The molecule has 0 amide bonds. The second kappa shape index (κ2) is 9.21. The van der Waals surface area contributed by atoms with Gasteiger partial charge in [0.2, 0.25) is 6.29 Å². The molecule has 3 aromatic carbocycles. The average Bonchev–Trinajstić information content (AvgIpc) is 3.40. The lowest BCUT2D eigenvalue weighted by molar-refractivity contribution is 0.0678. The predicted molar refractivity (Wildman–Crippen MR) is 134 cm³/mol. The molecule has 1 unspecified atom stereocenters. The fourth-order valence-corrected chi connectivity index (χ4v) is 5.34. The molecule has 5 rings (SSSR count). The minimum atomic E-state index is -0.480. The number of fused-ring (bicyclic) bond motifs is 1. The zero-order valence-electron chi connectivity index (χ0n) is 19.4. The third kappa shape index (κ3) is 4.75. The molecule has 0 aliphatic carbocycles. The van der Waals surface area contributed by atoms with Crippen LogP contribution in [0.2, 0.25) is 5.02 Å². The van der Waals surface area contributed by atoms with Gasteiger partial charge in [-0.25, -0.2) is 13.8 Å². The highest BCUT2D eigenvalue weighted by molar-refractivity contribution is 7.98. The standard InChI is InChI=1S/C27H23ClF2N2O2S/c1-16-33-23-9-4-18(12-24(23)34-16)27(2,3)25-14-31-26(32(25)22-7-5-20(29)6-8-22)35-15-17-10-19(28)13-21(30)11-17/h4-14,16H,15H2,1-3H3. The van der Waals surface area contributed by atoms with Gasteiger partial charge in [0.25, 0.3) is 0 Å². The van der Waals surface area contributed by atoms with Gasteiger partial charge in [-0.1, -0.05) is 43.3 Å². The van der Waals surface area contributed by atoms with Crippen LogP contribution in [-0.2, 0) is 11.2 Å². The van der Waals surface area contributed by atoms with Gasteiger partial charge in [-0.3, -0.25) is 4.57 Å². The summed E-state index contributed by atoms with van der Waals surface area (Å²) in [6.07, 6.45) is 1.50.